The predicted molar refractivity (Wildman–Crippen MR) is 88.4 cm³/mol. The third kappa shape index (κ3) is 2.74. The summed E-state index contributed by atoms with van der Waals surface area (Å²) >= 11 is 1.36. The summed E-state index contributed by atoms with van der Waals surface area (Å²) in [5.74, 6) is 0.843. The molecule has 1 atom stereocenters. The van der Waals surface area contributed by atoms with Crippen LogP contribution in [0.25, 0.3) is 10.3 Å². The van der Waals surface area contributed by atoms with Crippen LogP contribution in [0.2, 0.25) is 0 Å². The molecule has 0 N–H and O–H groups in total. The number of fused-ring (bicyclic) bond motifs is 1. The number of aromatic nitrogens is 2. The molecule has 3 aromatic heterocycles. The van der Waals surface area contributed by atoms with Crippen LogP contribution in [0.5, 0.6) is 0 Å². The van der Waals surface area contributed by atoms with Gasteiger partial charge >= 0.3 is 0 Å². The van der Waals surface area contributed by atoms with E-state index in [9.17, 15) is 4.79 Å². The van der Waals surface area contributed by atoms with Gasteiger partial charge < -0.3 is 9.32 Å². The number of pyridine rings is 1. The maximum atomic E-state index is 13.0. The van der Waals surface area contributed by atoms with Crippen LogP contribution in [0.15, 0.2) is 41.1 Å². The van der Waals surface area contributed by atoms with Crippen LogP contribution in [0.1, 0.15) is 47.3 Å². The molecule has 1 unspecified atom stereocenters. The Morgan fingerprint density at radius 3 is 3.04 bits per heavy atom. The van der Waals surface area contributed by atoms with Crippen molar-refractivity contribution in [3.63, 3.8) is 0 Å². The van der Waals surface area contributed by atoms with Crippen molar-refractivity contribution < 1.29 is 9.21 Å². The molecule has 1 aliphatic heterocycles. The number of rotatable bonds is 2. The summed E-state index contributed by atoms with van der Waals surface area (Å²) in [7, 11) is 0. The molecule has 0 spiro atoms. The first-order chi connectivity index (χ1) is 11.3. The fourth-order valence-corrected chi connectivity index (χ4v) is 3.98. The molecule has 23 heavy (non-hydrogen) atoms. The number of likely N-dealkylation sites (tertiary alicyclic amines) is 1. The maximum Gasteiger partial charge on any atom is 0.283 e. The third-order valence-electron chi connectivity index (χ3n) is 4.23. The Balaban J connectivity index is 1.68. The van der Waals surface area contributed by atoms with E-state index in [1.54, 1.807) is 12.5 Å². The molecule has 0 aliphatic carbocycles. The minimum absolute atomic E-state index is 0.0000265. The SMILES string of the molecule is O=C(c1nc2cccnc2s1)N1CCCCCC1c1ccco1. The molecule has 6 heteroatoms. The average molecular weight is 327 g/mol. The Bertz CT molecular complexity index is 779. The molecular formula is C17H17N3O2S. The fraction of sp³-hybridized carbons (Fsp3) is 0.353. The van der Waals surface area contributed by atoms with Gasteiger partial charge in [-0.15, -0.1) is 0 Å². The second-order valence-corrected chi connectivity index (χ2v) is 6.70. The van der Waals surface area contributed by atoms with Gasteiger partial charge in [0, 0.05) is 12.7 Å². The van der Waals surface area contributed by atoms with Crippen LogP contribution in [-0.2, 0) is 0 Å². The van der Waals surface area contributed by atoms with Gasteiger partial charge in [-0.2, -0.15) is 0 Å². The van der Waals surface area contributed by atoms with Crippen molar-refractivity contribution in [2.24, 2.45) is 0 Å². The van der Waals surface area contributed by atoms with Gasteiger partial charge in [-0.05, 0) is 37.1 Å². The Labute approximate surface area is 138 Å². The lowest BCUT2D eigenvalue weighted by molar-refractivity contribution is 0.0658. The van der Waals surface area contributed by atoms with Gasteiger partial charge in [-0.3, -0.25) is 4.79 Å². The van der Waals surface area contributed by atoms with E-state index in [4.69, 9.17) is 4.42 Å². The first-order valence-electron chi connectivity index (χ1n) is 7.89. The standard InChI is InChI=1S/C17H17N3O2S/c21-17(16-19-12-6-4-9-18-15(12)23-16)20-10-3-1-2-7-13(20)14-8-5-11-22-14/h4-6,8-9,11,13H,1-3,7,10H2. The van der Waals surface area contributed by atoms with Gasteiger partial charge in [-0.1, -0.05) is 24.2 Å². The smallest absolute Gasteiger partial charge is 0.283 e. The average Bonchev–Trinajstić information content (AvgIpc) is 3.19. The number of hydrogen-bond donors (Lipinski definition) is 0. The van der Waals surface area contributed by atoms with E-state index in [0.717, 1.165) is 48.3 Å². The summed E-state index contributed by atoms with van der Waals surface area (Å²) in [6.45, 7) is 0.744. The second kappa shape index (κ2) is 6.12. The highest BCUT2D eigenvalue weighted by Crippen LogP contribution is 2.32. The molecule has 3 aromatic rings. The van der Waals surface area contributed by atoms with Gasteiger partial charge in [0.15, 0.2) is 5.01 Å². The molecule has 1 amide bonds. The second-order valence-electron chi connectivity index (χ2n) is 5.73. The van der Waals surface area contributed by atoms with E-state index in [1.807, 2.05) is 29.2 Å². The van der Waals surface area contributed by atoms with Crippen molar-refractivity contribution in [1.29, 1.82) is 0 Å². The zero-order valence-corrected chi connectivity index (χ0v) is 13.5. The molecule has 0 aromatic carbocycles. The molecule has 5 nitrogen and oxygen atoms in total. The normalized spacial score (nSPS) is 19.0. The molecule has 4 rings (SSSR count). The molecule has 1 aliphatic rings. The Morgan fingerprint density at radius 2 is 2.22 bits per heavy atom. The highest BCUT2D eigenvalue weighted by Gasteiger charge is 2.30. The van der Waals surface area contributed by atoms with E-state index in [1.165, 1.54) is 11.3 Å². The largest absolute Gasteiger partial charge is 0.467 e. The Kier molecular flexibility index (Phi) is 3.83. The van der Waals surface area contributed by atoms with E-state index in [0.29, 0.717) is 5.01 Å². The van der Waals surface area contributed by atoms with E-state index < -0.39 is 0 Å². The molecule has 118 valence electrons. The van der Waals surface area contributed by atoms with Crippen molar-refractivity contribution in [2.45, 2.75) is 31.7 Å². The first kappa shape index (κ1) is 14.4. The minimum Gasteiger partial charge on any atom is -0.467 e. The van der Waals surface area contributed by atoms with Crippen LogP contribution in [0, 0.1) is 0 Å². The number of carbonyl (C=O) groups is 1. The topological polar surface area (TPSA) is 59.2 Å². The molecule has 0 saturated carbocycles. The quantitative estimate of drug-likeness (QED) is 0.712. The Morgan fingerprint density at radius 1 is 1.26 bits per heavy atom. The zero-order chi connectivity index (χ0) is 15.6. The predicted octanol–water partition coefficient (Wildman–Crippen LogP) is 4.04. The zero-order valence-electron chi connectivity index (χ0n) is 12.6. The third-order valence-corrected chi connectivity index (χ3v) is 5.20. The molecule has 1 fully saturated rings. The van der Waals surface area contributed by atoms with Crippen molar-refractivity contribution in [3.05, 3.63) is 47.5 Å². The maximum absolute atomic E-state index is 13.0. The fourth-order valence-electron chi connectivity index (χ4n) is 3.11. The van der Waals surface area contributed by atoms with Gasteiger partial charge in [0.1, 0.15) is 16.1 Å². The molecular weight excluding hydrogens is 310 g/mol. The first-order valence-corrected chi connectivity index (χ1v) is 8.70. The lowest BCUT2D eigenvalue weighted by atomic mass is 10.1. The summed E-state index contributed by atoms with van der Waals surface area (Å²) in [6, 6.07) is 7.57. The highest BCUT2D eigenvalue weighted by atomic mass is 32.1. The van der Waals surface area contributed by atoms with E-state index in [-0.39, 0.29) is 11.9 Å². The van der Waals surface area contributed by atoms with E-state index >= 15 is 0 Å². The van der Waals surface area contributed by atoms with Gasteiger partial charge in [0.05, 0.1) is 12.3 Å². The summed E-state index contributed by atoms with van der Waals surface area (Å²) < 4.78 is 5.58. The summed E-state index contributed by atoms with van der Waals surface area (Å²) in [5.41, 5.74) is 0.783. The van der Waals surface area contributed by atoms with Crippen LogP contribution < -0.4 is 0 Å². The van der Waals surface area contributed by atoms with Crippen molar-refractivity contribution in [2.75, 3.05) is 6.54 Å². The highest BCUT2D eigenvalue weighted by molar-refractivity contribution is 7.19. The monoisotopic (exact) mass is 327 g/mol. The molecule has 1 saturated heterocycles. The number of thiazole rings is 1. The van der Waals surface area contributed by atoms with Crippen molar-refractivity contribution in [1.82, 2.24) is 14.9 Å². The summed E-state index contributed by atoms with van der Waals surface area (Å²) in [6.07, 6.45) is 7.60. The number of hydrogen-bond acceptors (Lipinski definition) is 5. The molecule has 0 radical (unpaired) electrons. The summed E-state index contributed by atoms with van der Waals surface area (Å²) in [5, 5.41) is 0.511. The number of furan rings is 1. The van der Waals surface area contributed by atoms with Gasteiger partial charge in [-0.25, -0.2) is 9.97 Å². The van der Waals surface area contributed by atoms with Gasteiger partial charge in [0.2, 0.25) is 0 Å². The van der Waals surface area contributed by atoms with Crippen LogP contribution in [0.3, 0.4) is 0 Å². The van der Waals surface area contributed by atoms with Crippen LogP contribution in [0.4, 0.5) is 0 Å². The lowest BCUT2D eigenvalue weighted by Gasteiger charge is -2.27. The summed E-state index contributed by atoms with van der Waals surface area (Å²) in [4.78, 5) is 24.5. The lowest BCUT2D eigenvalue weighted by Crippen LogP contribution is -2.34. The number of carbonyl (C=O) groups excluding carboxylic acids is 1. The molecule has 0 bridgehead atoms. The van der Waals surface area contributed by atoms with Crippen molar-refractivity contribution in [3.8, 4) is 0 Å². The minimum atomic E-state index is -0.0173. The Hall–Kier alpha value is -2.21. The number of amides is 1. The van der Waals surface area contributed by atoms with E-state index in [2.05, 4.69) is 9.97 Å². The molecule has 4 heterocycles. The van der Waals surface area contributed by atoms with Gasteiger partial charge in [0.25, 0.3) is 5.91 Å². The van der Waals surface area contributed by atoms with Crippen LogP contribution >= 0.6 is 11.3 Å². The van der Waals surface area contributed by atoms with Crippen molar-refractivity contribution >= 4 is 27.6 Å². The van der Waals surface area contributed by atoms with Crippen LogP contribution in [-0.4, -0.2) is 27.3 Å². The number of nitrogens with zero attached hydrogens (tertiary/aromatic N) is 3.